The van der Waals surface area contributed by atoms with E-state index in [0.29, 0.717) is 0 Å². The Hall–Kier alpha value is 0.745. The number of phosphoric acid groups is 1. The second-order valence-corrected chi connectivity index (χ2v) is 2.98. The van der Waals surface area contributed by atoms with Crippen molar-refractivity contribution in [3.63, 3.8) is 0 Å². The van der Waals surface area contributed by atoms with Gasteiger partial charge in [-0.1, -0.05) is 0 Å². The van der Waals surface area contributed by atoms with E-state index in [1.165, 1.54) is 0 Å². The van der Waals surface area contributed by atoms with Gasteiger partial charge in [-0.15, -0.1) is 0 Å². The van der Waals surface area contributed by atoms with Gasteiger partial charge in [0.15, 0.2) is 0 Å². The predicted molar refractivity (Wildman–Crippen MR) is 26.9 cm³/mol. The average Bonchev–Trinajstić information content (AvgIpc) is 1.76. The molecule has 0 aliphatic rings. The largest absolute Gasteiger partial charge is 1.00 e. The van der Waals surface area contributed by atoms with Crippen LogP contribution in [0.1, 0.15) is 0 Å². The van der Waals surface area contributed by atoms with Crippen LogP contribution in [0.15, 0.2) is 0 Å². The summed E-state index contributed by atoms with van der Waals surface area (Å²) in [7, 11) is -5.14. The SMILES string of the molecule is FC(F)(F)C(F)(F)C(F)(F)F.O=P([O-])([O-])O.[Li+].[Li+]. The maximum atomic E-state index is 11.2. The van der Waals surface area contributed by atoms with Gasteiger partial charge in [0.2, 0.25) is 0 Å². The van der Waals surface area contributed by atoms with Crippen LogP contribution < -0.4 is 47.5 Å². The van der Waals surface area contributed by atoms with Gasteiger partial charge >= 0.3 is 56.0 Å². The number of hydrogen-bond acceptors (Lipinski definition) is 3. The van der Waals surface area contributed by atoms with Crippen LogP contribution in [0.25, 0.3) is 0 Å². The molecule has 100 valence electrons. The third-order valence-corrected chi connectivity index (χ3v) is 0.712. The molecule has 0 fully saturated rings. The molecule has 1 N–H and O–H groups in total. The van der Waals surface area contributed by atoms with E-state index in [-0.39, 0.29) is 37.7 Å². The van der Waals surface area contributed by atoms with Crippen LogP contribution in [0.4, 0.5) is 35.1 Å². The second kappa shape index (κ2) is 8.13. The van der Waals surface area contributed by atoms with Crippen molar-refractivity contribution in [2.24, 2.45) is 0 Å². The summed E-state index contributed by atoms with van der Waals surface area (Å²) in [4.78, 5) is 24.3. The summed E-state index contributed by atoms with van der Waals surface area (Å²) in [6.07, 6.45) is -13.2. The zero-order valence-corrected chi connectivity index (χ0v) is 9.54. The zero-order chi connectivity index (χ0) is 14.0. The topological polar surface area (TPSA) is 83.4 Å². The number of alkyl halides is 8. The van der Waals surface area contributed by atoms with E-state index in [2.05, 4.69) is 0 Å². The Morgan fingerprint density at radius 3 is 0.889 bits per heavy atom. The predicted octanol–water partition coefficient (Wildman–Crippen LogP) is -5.44. The van der Waals surface area contributed by atoms with E-state index in [9.17, 15) is 35.1 Å². The summed E-state index contributed by atoms with van der Waals surface area (Å²) in [6, 6.07) is 0. The van der Waals surface area contributed by atoms with Gasteiger partial charge in [-0.05, 0) is 0 Å². The molecule has 0 atom stereocenters. The van der Waals surface area contributed by atoms with Gasteiger partial charge in [0.1, 0.15) is 0 Å². The Balaban J connectivity index is -0.000000122. The molecule has 0 aromatic carbocycles. The minimum absolute atomic E-state index is 0. The van der Waals surface area contributed by atoms with Gasteiger partial charge in [0.05, 0.1) is 7.82 Å². The molecule has 4 nitrogen and oxygen atoms in total. The van der Waals surface area contributed by atoms with Crippen LogP contribution in [-0.4, -0.2) is 23.2 Å². The van der Waals surface area contributed by atoms with Crippen molar-refractivity contribution in [2.75, 3.05) is 0 Å². The van der Waals surface area contributed by atoms with E-state index < -0.39 is 26.1 Å². The van der Waals surface area contributed by atoms with Crippen LogP contribution in [-0.2, 0) is 4.57 Å². The molecule has 0 aromatic rings. The Morgan fingerprint density at radius 2 is 0.889 bits per heavy atom. The Labute approximate surface area is 118 Å². The minimum atomic E-state index is -6.62. The molecule has 0 heterocycles. The first-order valence-corrected chi connectivity index (χ1v) is 4.26. The second-order valence-electron chi connectivity index (χ2n) is 2.04. The van der Waals surface area contributed by atoms with Gasteiger partial charge in [-0.3, -0.25) is 0 Å². The normalized spacial score (nSPS) is 12.6. The summed E-state index contributed by atoms with van der Waals surface area (Å²) in [5.41, 5.74) is 0. The van der Waals surface area contributed by atoms with Crippen LogP contribution in [0.3, 0.4) is 0 Å². The summed E-state index contributed by atoms with van der Waals surface area (Å²) in [6.45, 7) is 0. The number of rotatable bonds is 0. The third-order valence-electron chi connectivity index (χ3n) is 0.712. The van der Waals surface area contributed by atoms with E-state index in [0.717, 1.165) is 0 Å². The minimum Gasteiger partial charge on any atom is -0.790 e. The Kier molecular flexibility index (Phi) is 12.3. The first-order valence-electron chi connectivity index (χ1n) is 2.76. The van der Waals surface area contributed by atoms with E-state index in [1.54, 1.807) is 0 Å². The molecule has 0 bridgehead atoms. The first-order chi connectivity index (χ1) is 6.50. The molecular formula is C3HF8Li2O4P. The summed E-state index contributed by atoms with van der Waals surface area (Å²) < 4.78 is 96.2. The molecule has 0 aliphatic carbocycles. The number of halogens is 8. The summed E-state index contributed by atoms with van der Waals surface area (Å²) >= 11 is 0. The van der Waals surface area contributed by atoms with Gasteiger partial charge in [0, 0.05) is 0 Å². The van der Waals surface area contributed by atoms with Crippen molar-refractivity contribution >= 4 is 7.82 Å². The molecule has 15 heteroatoms. The Bertz CT molecular complexity index is 246. The first kappa shape index (κ1) is 27.1. The molecule has 0 saturated heterocycles. The van der Waals surface area contributed by atoms with Crippen molar-refractivity contribution in [1.82, 2.24) is 0 Å². The van der Waals surface area contributed by atoms with Crippen molar-refractivity contribution in [3.05, 3.63) is 0 Å². The molecule has 0 radical (unpaired) electrons. The van der Waals surface area contributed by atoms with Gasteiger partial charge in [-0.25, -0.2) is 0 Å². The molecule has 0 amide bonds. The molecule has 0 rings (SSSR count). The third kappa shape index (κ3) is 11.8. The van der Waals surface area contributed by atoms with E-state index in [4.69, 9.17) is 19.2 Å². The van der Waals surface area contributed by atoms with Crippen LogP contribution in [0.2, 0.25) is 0 Å². The standard InChI is InChI=1S/C3F8.2Li.H3O4P/c4-1(5,2(6,7)8)3(9,10)11;;;1-5(2,3)4/h;;;(H3,1,2,3,4)/q;2*+1;/p-2. The quantitative estimate of drug-likeness (QED) is 0.275. The maximum absolute atomic E-state index is 11.2. The molecule has 18 heavy (non-hydrogen) atoms. The van der Waals surface area contributed by atoms with Gasteiger partial charge in [0.25, 0.3) is 0 Å². The van der Waals surface area contributed by atoms with Gasteiger partial charge in [-0.2, -0.15) is 35.1 Å². The molecule has 0 saturated carbocycles. The fraction of sp³-hybridized carbons (Fsp3) is 1.00. The molecular weight excluding hydrogens is 297 g/mol. The van der Waals surface area contributed by atoms with Gasteiger partial charge < -0.3 is 19.2 Å². The van der Waals surface area contributed by atoms with Crippen LogP contribution in [0, 0.1) is 0 Å². The molecule has 0 aliphatic heterocycles. The van der Waals surface area contributed by atoms with Crippen LogP contribution in [0.5, 0.6) is 0 Å². The summed E-state index contributed by atoms with van der Waals surface area (Å²) in [5.74, 6) is -6.62. The monoisotopic (exact) mass is 298 g/mol. The maximum Gasteiger partial charge on any atom is 1.00 e. The molecule has 0 spiro atoms. The van der Waals surface area contributed by atoms with Crippen molar-refractivity contribution in [2.45, 2.75) is 18.3 Å². The van der Waals surface area contributed by atoms with Crippen molar-refractivity contribution < 1.29 is 92.1 Å². The fourth-order valence-electron chi connectivity index (χ4n) is 0.161. The van der Waals surface area contributed by atoms with Crippen molar-refractivity contribution in [3.8, 4) is 0 Å². The summed E-state index contributed by atoms with van der Waals surface area (Å²) in [5, 5.41) is 0. The van der Waals surface area contributed by atoms with Crippen molar-refractivity contribution in [1.29, 1.82) is 0 Å². The van der Waals surface area contributed by atoms with Crippen LogP contribution >= 0.6 is 7.82 Å². The van der Waals surface area contributed by atoms with E-state index in [1.807, 2.05) is 0 Å². The van der Waals surface area contributed by atoms with E-state index >= 15 is 0 Å². The zero-order valence-electron chi connectivity index (χ0n) is 8.64. The number of hydrogen-bond donors (Lipinski definition) is 1. The molecule has 0 unspecified atom stereocenters. The molecule has 0 aromatic heterocycles. The smallest absolute Gasteiger partial charge is 0.790 e. The average molecular weight is 298 g/mol. The fourth-order valence-corrected chi connectivity index (χ4v) is 0.161. The Morgan fingerprint density at radius 1 is 0.778 bits per heavy atom.